The van der Waals surface area contributed by atoms with Gasteiger partial charge in [-0.1, -0.05) is 30.3 Å². The van der Waals surface area contributed by atoms with Crippen LogP contribution < -0.4 is 0 Å². The third-order valence-corrected chi connectivity index (χ3v) is 4.57. The predicted octanol–water partition coefficient (Wildman–Crippen LogP) is 2.01. The fourth-order valence-electron chi connectivity index (χ4n) is 2.25. The van der Waals surface area contributed by atoms with Crippen LogP contribution in [0.2, 0.25) is 0 Å². The lowest BCUT2D eigenvalue weighted by molar-refractivity contribution is -0.125. The van der Waals surface area contributed by atoms with Gasteiger partial charge in [0.15, 0.2) is 0 Å². The molecule has 0 saturated carbocycles. The second kappa shape index (κ2) is 3.99. The van der Waals surface area contributed by atoms with Crippen LogP contribution in [0.3, 0.4) is 0 Å². The highest BCUT2D eigenvalue weighted by atomic mass is 35.7. The fourth-order valence-corrected chi connectivity index (χ4v) is 3.95. The van der Waals surface area contributed by atoms with Gasteiger partial charge in [0.25, 0.3) is 0 Å². The topological polar surface area (TPSA) is 54.5 Å². The molecule has 0 N–H and O–H groups in total. The van der Waals surface area contributed by atoms with E-state index < -0.39 is 20.7 Å². The molecule has 1 fully saturated rings. The fraction of sp³-hybridized carbons (Fsp3) is 0.364. The van der Waals surface area contributed by atoms with Crippen molar-refractivity contribution in [3.05, 3.63) is 35.9 Å². The lowest BCUT2D eigenvalue weighted by Gasteiger charge is -2.32. The minimum atomic E-state index is -4.05. The lowest BCUT2D eigenvalue weighted by Crippen LogP contribution is -2.42. The van der Waals surface area contributed by atoms with Gasteiger partial charge in [0.1, 0.15) is 0 Å². The van der Waals surface area contributed by atoms with Crippen molar-refractivity contribution in [1.82, 2.24) is 4.31 Å². The zero-order valence-corrected chi connectivity index (χ0v) is 10.8. The molecule has 1 amide bonds. The normalized spacial score (nSPS) is 25.3. The number of hydrogen-bond donors (Lipinski definition) is 0. The minimum absolute atomic E-state index is 0.192. The van der Waals surface area contributed by atoms with E-state index in [2.05, 4.69) is 0 Å². The van der Waals surface area contributed by atoms with E-state index in [9.17, 15) is 13.2 Å². The summed E-state index contributed by atoms with van der Waals surface area (Å²) in [6.07, 6.45) is 0.638. The molecule has 0 bridgehead atoms. The van der Waals surface area contributed by atoms with E-state index in [0.717, 1.165) is 9.87 Å². The molecule has 1 heterocycles. The van der Waals surface area contributed by atoms with Gasteiger partial charge < -0.3 is 0 Å². The number of nitrogens with zero attached hydrogens (tertiary/aromatic N) is 1. The van der Waals surface area contributed by atoms with Gasteiger partial charge in [0.2, 0.25) is 5.91 Å². The second-order valence-electron chi connectivity index (χ2n) is 4.24. The monoisotopic (exact) mass is 273 g/mol. The van der Waals surface area contributed by atoms with E-state index in [1.54, 1.807) is 19.1 Å². The number of halogens is 1. The summed E-state index contributed by atoms with van der Waals surface area (Å²) < 4.78 is 23.8. The number of rotatable bonds is 2. The van der Waals surface area contributed by atoms with Gasteiger partial charge in [-0.15, -0.1) is 0 Å². The van der Waals surface area contributed by atoms with E-state index in [1.165, 1.54) is 0 Å². The van der Waals surface area contributed by atoms with Gasteiger partial charge in [-0.3, -0.25) is 4.79 Å². The Kier molecular flexibility index (Phi) is 2.91. The molecule has 4 nitrogen and oxygen atoms in total. The molecule has 17 heavy (non-hydrogen) atoms. The van der Waals surface area contributed by atoms with Crippen LogP contribution in [0, 0.1) is 0 Å². The molecule has 0 aromatic heterocycles. The number of carbonyl (C=O) groups excluding carboxylic acids is 1. The van der Waals surface area contributed by atoms with Crippen molar-refractivity contribution < 1.29 is 13.2 Å². The maximum atomic E-state index is 11.7. The number of benzene rings is 1. The molecular formula is C11H12ClNO3S. The summed E-state index contributed by atoms with van der Waals surface area (Å²) in [5, 5.41) is 0. The molecule has 1 unspecified atom stereocenters. The molecule has 0 aliphatic carbocycles. The van der Waals surface area contributed by atoms with Crippen LogP contribution in [-0.4, -0.2) is 18.6 Å². The quantitative estimate of drug-likeness (QED) is 0.775. The molecule has 2 rings (SSSR count). The third-order valence-electron chi connectivity index (χ3n) is 3.11. The maximum absolute atomic E-state index is 11.7. The molecule has 1 atom stereocenters. The van der Waals surface area contributed by atoms with Gasteiger partial charge in [0.05, 0.1) is 5.54 Å². The van der Waals surface area contributed by atoms with Crippen molar-refractivity contribution in [2.24, 2.45) is 0 Å². The first kappa shape index (κ1) is 12.4. The van der Waals surface area contributed by atoms with Crippen molar-refractivity contribution >= 4 is 25.8 Å². The molecule has 1 aromatic carbocycles. The van der Waals surface area contributed by atoms with E-state index in [4.69, 9.17) is 10.7 Å². The van der Waals surface area contributed by atoms with Crippen molar-refractivity contribution in [1.29, 1.82) is 0 Å². The first-order valence-corrected chi connectivity index (χ1v) is 7.46. The molecule has 0 spiro atoms. The Bertz CT molecular complexity index is 543. The van der Waals surface area contributed by atoms with Crippen LogP contribution in [-0.2, 0) is 19.6 Å². The standard InChI is InChI=1S/C11H12ClNO3S/c1-11(9-5-3-2-4-6-9)8-7-10(14)13(11)17(12,15)16/h2-6H,7-8H2,1H3. The van der Waals surface area contributed by atoms with Gasteiger partial charge in [0, 0.05) is 17.1 Å². The summed E-state index contributed by atoms with van der Waals surface area (Å²) in [7, 11) is 1.29. The zero-order chi connectivity index (χ0) is 12.7. The first-order valence-electron chi connectivity index (χ1n) is 5.19. The highest BCUT2D eigenvalue weighted by Crippen LogP contribution is 2.41. The van der Waals surface area contributed by atoms with Crippen molar-refractivity contribution in [2.75, 3.05) is 0 Å². The van der Waals surface area contributed by atoms with Gasteiger partial charge in [-0.25, -0.2) is 4.31 Å². The predicted molar refractivity (Wildman–Crippen MR) is 64.6 cm³/mol. The Balaban J connectivity index is 2.54. The molecule has 6 heteroatoms. The molecule has 0 radical (unpaired) electrons. The summed E-state index contributed by atoms with van der Waals surface area (Å²) in [5.41, 5.74) is -0.103. The summed E-state index contributed by atoms with van der Waals surface area (Å²) in [4.78, 5) is 11.7. The van der Waals surface area contributed by atoms with E-state index >= 15 is 0 Å². The van der Waals surface area contributed by atoms with Crippen LogP contribution in [0.15, 0.2) is 30.3 Å². The average Bonchev–Trinajstić information content (AvgIpc) is 2.57. The van der Waals surface area contributed by atoms with E-state index in [0.29, 0.717) is 6.42 Å². The van der Waals surface area contributed by atoms with Crippen LogP contribution in [0.4, 0.5) is 0 Å². The Morgan fingerprint density at radius 2 is 1.88 bits per heavy atom. The molecule has 1 aromatic rings. The summed E-state index contributed by atoms with van der Waals surface area (Å²) in [6.45, 7) is 1.72. The summed E-state index contributed by atoms with van der Waals surface area (Å²) in [5.74, 6) is -0.452. The Labute approximate surface area is 105 Å². The minimum Gasteiger partial charge on any atom is -0.274 e. The number of hydrogen-bond acceptors (Lipinski definition) is 3. The van der Waals surface area contributed by atoms with Crippen LogP contribution in [0.25, 0.3) is 0 Å². The van der Waals surface area contributed by atoms with E-state index in [-0.39, 0.29) is 6.42 Å². The van der Waals surface area contributed by atoms with Crippen molar-refractivity contribution in [3.63, 3.8) is 0 Å². The van der Waals surface area contributed by atoms with E-state index in [1.807, 2.05) is 18.2 Å². The van der Waals surface area contributed by atoms with Gasteiger partial charge >= 0.3 is 9.24 Å². The third kappa shape index (κ3) is 2.05. The maximum Gasteiger partial charge on any atom is 0.324 e. The molecule has 92 valence electrons. The number of carbonyl (C=O) groups is 1. The molecule has 1 aliphatic rings. The van der Waals surface area contributed by atoms with Crippen molar-refractivity contribution in [2.45, 2.75) is 25.3 Å². The average molecular weight is 274 g/mol. The molecule has 1 saturated heterocycles. The summed E-state index contributed by atoms with van der Waals surface area (Å²) >= 11 is 0. The molecule has 1 aliphatic heterocycles. The Hall–Kier alpha value is -1.07. The highest BCUT2D eigenvalue weighted by Gasteiger charge is 2.48. The van der Waals surface area contributed by atoms with Gasteiger partial charge in [-0.05, 0) is 18.9 Å². The smallest absolute Gasteiger partial charge is 0.274 e. The summed E-state index contributed by atoms with van der Waals surface area (Å²) in [6, 6.07) is 9.05. The lowest BCUT2D eigenvalue weighted by atomic mass is 9.91. The molecular weight excluding hydrogens is 262 g/mol. The van der Waals surface area contributed by atoms with Crippen LogP contribution in [0.1, 0.15) is 25.3 Å². The number of amides is 1. The zero-order valence-electron chi connectivity index (χ0n) is 9.26. The largest absolute Gasteiger partial charge is 0.324 e. The first-order chi connectivity index (χ1) is 7.86. The van der Waals surface area contributed by atoms with Crippen LogP contribution >= 0.6 is 10.7 Å². The van der Waals surface area contributed by atoms with Crippen molar-refractivity contribution in [3.8, 4) is 0 Å². The van der Waals surface area contributed by atoms with Crippen LogP contribution in [0.5, 0.6) is 0 Å². The Morgan fingerprint density at radius 1 is 1.29 bits per heavy atom. The SMILES string of the molecule is CC1(c2ccccc2)CCC(=O)N1S(=O)(=O)Cl. The highest BCUT2D eigenvalue weighted by molar-refractivity contribution is 8.12. The Morgan fingerprint density at radius 3 is 2.41 bits per heavy atom. The van der Waals surface area contributed by atoms with Gasteiger partial charge in [-0.2, -0.15) is 8.42 Å². The second-order valence-corrected chi connectivity index (χ2v) is 6.60.